The third-order valence-electron chi connectivity index (χ3n) is 5.57. The van der Waals surface area contributed by atoms with Gasteiger partial charge >= 0.3 is 0 Å². The Hall–Kier alpha value is -2.90. The van der Waals surface area contributed by atoms with E-state index < -0.39 is 0 Å². The Morgan fingerprint density at radius 3 is 2.55 bits per heavy atom. The summed E-state index contributed by atoms with van der Waals surface area (Å²) in [5.41, 5.74) is 0.480. The number of halogens is 1. The van der Waals surface area contributed by atoms with E-state index in [4.69, 9.17) is 16.3 Å². The van der Waals surface area contributed by atoms with Crippen LogP contribution in [0.4, 0.5) is 0 Å². The van der Waals surface area contributed by atoms with Gasteiger partial charge in [-0.1, -0.05) is 35.9 Å². The first kappa shape index (κ1) is 21.3. The van der Waals surface area contributed by atoms with Gasteiger partial charge in [0.05, 0.1) is 15.9 Å². The predicted octanol–water partition coefficient (Wildman–Crippen LogP) is 2.58. The fourth-order valence-corrected chi connectivity index (χ4v) is 3.96. The molecule has 0 radical (unpaired) electrons. The zero-order valence-electron chi connectivity index (χ0n) is 17.5. The second kappa shape index (κ2) is 9.49. The van der Waals surface area contributed by atoms with Crippen LogP contribution in [0.1, 0.15) is 5.82 Å². The van der Waals surface area contributed by atoms with Gasteiger partial charge in [0.15, 0.2) is 0 Å². The average Bonchev–Trinajstić information content (AvgIpc) is 2.78. The lowest BCUT2D eigenvalue weighted by Gasteiger charge is -2.34. The number of ether oxygens (including phenoxy) is 1. The second-order valence-electron chi connectivity index (χ2n) is 7.57. The van der Waals surface area contributed by atoms with Gasteiger partial charge in [-0.05, 0) is 31.2 Å². The van der Waals surface area contributed by atoms with Crippen LogP contribution >= 0.6 is 11.6 Å². The molecule has 0 N–H and O–H groups in total. The summed E-state index contributed by atoms with van der Waals surface area (Å²) in [6.07, 6.45) is 0. The molecular formula is C23H25ClN4O3. The van der Waals surface area contributed by atoms with Gasteiger partial charge < -0.3 is 9.64 Å². The Kier molecular flexibility index (Phi) is 6.53. The van der Waals surface area contributed by atoms with Crippen molar-refractivity contribution in [2.24, 2.45) is 0 Å². The molecule has 1 aliphatic rings. The first-order valence-electron chi connectivity index (χ1n) is 10.4. The van der Waals surface area contributed by atoms with E-state index >= 15 is 0 Å². The van der Waals surface area contributed by atoms with Crippen molar-refractivity contribution in [2.75, 3.05) is 39.3 Å². The molecule has 0 aliphatic carbocycles. The molecule has 0 atom stereocenters. The van der Waals surface area contributed by atoms with Crippen molar-refractivity contribution in [1.82, 2.24) is 19.4 Å². The molecule has 8 heteroatoms. The van der Waals surface area contributed by atoms with Crippen molar-refractivity contribution in [3.05, 3.63) is 69.7 Å². The number of aryl methyl sites for hydroxylation is 1. The van der Waals surface area contributed by atoms with Crippen molar-refractivity contribution < 1.29 is 9.53 Å². The molecule has 1 saturated heterocycles. The number of rotatable bonds is 6. The lowest BCUT2D eigenvalue weighted by Crippen LogP contribution is -2.50. The van der Waals surface area contributed by atoms with Crippen LogP contribution in [0.3, 0.4) is 0 Å². The summed E-state index contributed by atoms with van der Waals surface area (Å²) in [7, 11) is 0. The van der Waals surface area contributed by atoms with E-state index in [1.165, 1.54) is 4.57 Å². The second-order valence-corrected chi connectivity index (χ2v) is 7.98. The monoisotopic (exact) mass is 440 g/mol. The van der Waals surface area contributed by atoms with Crippen LogP contribution in [0, 0.1) is 6.92 Å². The molecule has 1 fully saturated rings. The molecule has 1 aliphatic heterocycles. The predicted molar refractivity (Wildman–Crippen MR) is 121 cm³/mol. The van der Waals surface area contributed by atoms with Crippen molar-refractivity contribution in [3.63, 3.8) is 0 Å². The highest BCUT2D eigenvalue weighted by Gasteiger charge is 2.22. The van der Waals surface area contributed by atoms with E-state index in [-0.39, 0.29) is 18.0 Å². The highest BCUT2D eigenvalue weighted by molar-refractivity contribution is 6.32. The number of aromatic nitrogens is 2. The zero-order valence-corrected chi connectivity index (χ0v) is 18.2. The van der Waals surface area contributed by atoms with E-state index in [1.54, 1.807) is 19.1 Å². The minimum absolute atomic E-state index is 0.0120. The molecule has 0 saturated carbocycles. The third kappa shape index (κ3) is 4.89. The van der Waals surface area contributed by atoms with Gasteiger partial charge in [-0.2, -0.15) is 0 Å². The molecule has 1 aromatic heterocycles. The minimum atomic E-state index is -0.174. The van der Waals surface area contributed by atoms with E-state index in [2.05, 4.69) is 9.88 Å². The Morgan fingerprint density at radius 1 is 1.06 bits per heavy atom. The van der Waals surface area contributed by atoms with E-state index in [1.807, 2.05) is 41.3 Å². The van der Waals surface area contributed by atoms with Crippen molar-refractivity contribution in [2.45, 2.75) is 13.5 Å². The molecule has 7 nitrogen and oxygen atoms in total. The fourth-order valence-electron chi connectivity index (χ4n) is 3.77. The van der Waals surface area contributed by atoms with Gasteiger partial charge in [-0.25, -0.2) is 4.98 Å². The van der Waals surface area contributed by atoms with Crippen LogP contribution in [0.25, 0.3) is 10.9 Å². The molecule has 0 bridgehead atoms. The Bertz CT molecular complexity index is 1140. The standard InChI is InChI=1S/C23H25ClN4O3/c1-17-25-20-8-4-2-6-18(20)23(30)28(17)16-22(29)27-12-10-26(11-13-27)14-15-31-21-9-5-3-7-19(21)24/h2-9H,10-16H2,1H3. The van der Waals surface area contributed by atoms with Gasteiger partial charge in [-0.3, -0.25) is 19.1 Å². The number of nitrogens with zero attached hydrogens (tertiary/aromatic N) is 4. The van der Waals surface area contributed by atoms with E-state index in [0.717, 1.165) is 19.6 Å². The molecule has 4 rings (SSSR count). The molecule has 3 aromatic rings. The fraction of sp³-hybridized carbons (Fsp3) is 0.348. The SMILES string of the molecule is Cc1nc2ccccc2c(=O)n1CC(=O)N1CCN(CCOc2ccccc2Cl)CC1. The molecule has 31 heavy (non-hydrogen) atoms. The summed E-state index contributed by atoms with van der Waals surface area (Å²) in [6, 6.07) is 14.6. The number of amides is 1. The highest BCUT2D eigenvalue weighted by Crippen LogP contribution is 2.22. The number of carbonyl (C=O) groups excluding carboxylic acids is 1. The van der Waals surface area contributed by atoms with Crippen LogP contribution < -0.4 is 10.3 Å². The maximum atomic E-state index is 12.8. The van der Waals surface area contributed by atoms with Crippen LogP contribution in [0.2, 0.25) is 5.02 Å². The van der Waals surface area contributed by atoms with Crippen LogP contribution in [-0.4, -0.2) is 64.6 Å². The smallest absolute Gasteiger partial charge is 0.261 e. The number of piperazine rings is 1. The zero-order chi connectivity index (χ0) is 21.8. The quantitative estimate of drug-likeness (QED) is 0.589. The summed E-state index contributed by atoms with van der Waals surface area (Å²) in [4.78, 5) is 34.2. The first-order chi connectivity index (χ1) is 15.0. The van der Waals surface area contributed by atoms with Gasteiger partial charge in [0.1, 0.15) is 24.7 Å². The maximum Gasteiger partial charge on any atom is 0.261 e. The Labute approximate surface area is 185 Å². The van der Waals surface area contributed by atoms with E-state index in [9.17, 15) is 9.59 Å². The van der Waals surface area contributed by atoms with Crippen molar-refractivity contribution in [3.8, 4) is 5.75 Å². The molecule has 0 spiro atoms. The average molecular weight is 441 g/mol. The summed E-state index contributed by atoms with van der Waals surface area (Å²) in [6.45, 7) is 5.86. The molecule has 2 heterocycles. The number of fused-ring (bicyclic) bond motifs is 1. The first-order valence-corrected chi connectivity index (χ1v) is 10.7. The number of para-hydroxylation sites is 2. The maximum absolute atomic E-state index is 12.8. The Balaban J connectivity index is 1.30. The van der Waals surface area contributed by atoms with E-state index in [0.29, 0.717) is 47.2 Å². The largest absolute Gasteiger partial charge is 0.491 e. The Morgan fingerprint density at radius 2 is 1.77 bits per heavy atom. The molecular weight excluding hydrogens is 416 g/mol. The highest BCUT2D eigenvalue weighted by atomic mass is 35.5. The minimum Gasteiger partial charge on any atom is -0.491 e. The number of hydrogen-bond donors (Lipinski definition) is 0. The lowest BCUT2D eigenvalue weighted by atomic mass is 10.2. The van der Waals surface area contributed by atoms with Gasteiger partial charge in [0.25, 0.3) is 5.56 Å². The summed E-state index contributed by atoms with van der Waals surface area (Å²) in [5.74, 6) is 1.17. The summed E-state index contributed by atoms with van der Waals surface area (Å²) < 4.78 is 7.22. The normalized spacial score (nSPS) is 14.7. The van der Waals surface area contributed by atoms with Crippen molar-refractivity contribution in [1.29, 1.82) is 0 Å². The van der Waals surface area contributed by atoms with Crippen molar-refractivity contribution >= 4 is 28.4 Å². The topological polar surface area (TPSA) is 67.7 Å². The molecule has 2 aromatic carbocycles. The van der Waals surface area contributed by atoms with Crippen LogP contribution in [-0.2, 0) is 11.3 Å². The summed E-state index contributed by atoms with van der Waals surface area (Å²) >= 11 is 6.11. The number of hydrogen-bond acceptors (Lipinski definition) is 5. The van der Waals surface area contributed by atoms with Gasteiger partial charge in [0.2, 0.25) is 5.91 Å². The number of benzene rings is 2. The van der Waals surface area contributed by atoms with Crippen LogP contribution in [0.5, 0.6) is 5.75 Å². The lowest BCUT2D eigenvalue weighted by molar-refractivity contribution is -0.133. The van der Waals surface area contributed by atoms with Gasteiger partial charge in [-0.15, -0.1) is 0 Å². The number of carbonyl (C=O) groups is 1. The van der Waals surface area contributed by atoms with Crippen LogP contribution in [0.15, 0.2) is 53.3 Å². The molecule has 162 valence electrons. The third-order valence-corrected chi connectivity index (χ3v) is 5.88. The molecule has 0 unspecified atom stereocenters. The summed E-state index contributed by atoms with van der Waals surface area (Å²) in [5, 5.41) is 1.14. The van der Waals surface area contributed by atoms with Gasteiger partial charge in [0, 0.05) is 32.7 Å². The molecule has 1 amide bonds.